The Balaban J connectivity index is 1.82. The van der Waals surface area contributed by atoms with Crippen LogP contribution >= 0.6 is 0 Å². The number of hydrogen-bond donors (Lipinski definition) is 2. The molecule has 1 aromatic heterocycles. The van der Waals surface area contributed by atoms with Crippen molar-refractivity contribution in [2.45, 2.75) is 44.9 Å². The van der Waals surface area contributed by atoms with Crippen molar-refractivity contribution in [2.24, 2.45) is 0 Å². The Morgan fingerprint density at radius 1 is 1.38 bits per heavy atom. The van der Waals surface area contributed by atoms with Crippen LogP contribution in [0.5, 0.6) is 5.75 Å². The van der Waals surface area contributed by atoms with Gasteiger partial charge >= 0.3 is 6.09 Å². The first-order valence-corrected chi connectivity index (χ1v) is 8.19. The van der Waals surface area contributed by atoms with Crippen molar-refractivity contribution in [3.63, 3.8) is 0 Å². The van der Waals surface area contributed by atoms with Crippen LogP contribution in [0, 0.1) is 0 Å². The van der Waals surface area contributed by atoms with E-state index in [1.165, 1.54) is 4.90 Å². The SMILES string of the molecule is CC[C@@]1(C)OC(=O)N(CCc2c[nH]c3ccc(OC)cc23)[C@@]1(C)O. The number of H-pyrrole nitrogens is 1. The lowest BCUT2D eigenvalue weighted by atomic mass is 9.90. The molecule has 1 aliphatic heterocycles. The maximum atomic E-state index is 12.2. The van der Waals surface area contributed by atoms with Crippen molar-refractivity contribution in [1.29, 1.82) is 0 Å². The molecule has 2 N–H and O–H groups in total. The highest BCUT2D eigenvalue weighted by molar-refractivity contribution is 5.84. The van der Waals surface area contributed by atoms with Gasteiger partial charge in [-0.15, -0.1) is 0 Å². The minimum Gasteiger partial charge on any atom is -0.497 e. The summed E-state index contributed by atoms with van der Waals surface area (Å²) in [6.07, 6.45) is 2.62. The maximum absolute atomic E-state index is 12.2. The third kappa shape index (κ3) is 2.41. The van der Waals surface area contributed by atoms with Crippen molar-refractivity contribution in [3.05, 3.63) is 30.0 Å². The summed E-state index contributed by atoms with van der Waals surface area (Å²) in [6.45, 7) is 5.68. The van der Waals surface area contributed by atoms with Crippen LogP contribution in [0.4, 0.5) is 4.79 Å². The van der Waals surface area contributed by atoms with Gasteiger partial charge in [-0.05, 0) is 50.5 Å². The highest BCUT2D eigenvalue weighted by Gasteiger charge is 2.58. The molecule has 1 saturated heterocycles. The zero-order valence-corrected chi connectivity index (χ0v) is 14.5. The Labute approximate surface area is 141 Å². The van der Waals surface area contributed by atoms with Gasteiger partial charge in [0.2, 0.25) is 0 Å². The number of benzene rings is 1. The quantitative estimate of drug-likeness (QED) is 0.882. The Bertz CT molecular complexity index is 767. The summed E-state index contributed by atoms with van der Waals surface area (Å²) in [4.78, 5) is 16.8. The molecule has 0 aliphatic carbocycles. The van der Waals surface area contributed by atoms with Gasteiger partial charge in [0.15, 0.2) is 11.3 Å². The van der Waals surface area contributed by atoms with Gasteiger partial charge in [0.05, 0.1) is 7.11 Å². The van der Waals surface area contributed by atoms with Gasteiger partial charge in [-0.3, -0.25) is 4.90 Å². The topological polar surface area (TPSA) is 74.8 Å². The number of aromatic nitrogens is 1. The van der Waals surface area contributed by atoms with Crippen molar-refractivity contribution in [1.82, 2.24) is 9.88 Å². The normalized spacial score (nSPS) is 26.9. The molecule has 2 heterocycles. The third-order valence-corrected chi connectivity index (χ3v) is 5.31. The minimum absolute atomic E-state index is 0.381. The summed E-state index contributed by atoms with van der Waals surface area (Å²) in [5.41, 5.74) is -0.145. The van der Waals surface area contributed by atoms with Gasteiger partial charge in [-0.1, -0.05) is 6.92 Å². The summed E-state index contributed by atoms with van der Waals surface area (Å²) in [6, 6.07) is 5.84. The van der Waals surface area contributed by atoms with Crippen LogP contribution in [0.15, 0.2) is 24.4 Å². The third-order valence-electron chi connectivity index (χ3n) is 5.31. The van der Waals surface area contributed by atoms with Crippen LogP contribution in [0.1, 0.15) is 32.8 Å². The molecule has 2 aromatic rings. The molecule has 130 valence electrons. The number of hydrogen-bond acceptors (Lipinski definition) is 4. The zero-order valence-electron chi connectivity index (χ0n) is 14.5. The fourth-order valence-corrected chi connectivity index (χ4v) is 3.25. The summed E-state index contributed by atoms with van der Waals surface area (Å²) in [5.74, 6) is 0.787. The summed E-state index contributed by atoms with van der Waals surface area (Å²) in [7, 11) is 1.64. The molecule has 24 heavy (non-hydrogen) atoms. The van der Waals surface area contributed by atoms with E-state index in [0.717, 1.165) is 22.2 Å². The Morgan fingerprint density at radius 2 is 2.12 bits per heavy atom. The highest BCUT2D eigenvalue weighted by Crippen LogP contribution is 2.39. The van der Waals surface area contributed by atoms with Crippen LogP contribution < -0.4 is 4.74 Å². The summed E-state index contributed by atoms with van der Waals surface area (Å²) in [5, 5.41) is 11.9. The molecule has 1 fully saturated rings. The van der Waals surface area contributed by atoms with Gasteiger partial charge in [0.25, 0.3) is 0 Å². The van der Waals surface area contributed by atoms with Crippen molar-refractivity contribution in [2.75, 3.05) is 13.7 Å². The van der Waals surface area contributed by atoms with Crippen molar-refractivity contribution < 1.29 is 19.4 Å². The molecule has 0 spiro atoms. The van der Waals surface area contributed by atoms with E-state index in [4.69, 9.17) is 9.47 Å². The monoisotopic (exact) mass is 332 g/mol. The number of fused-ring (bicyclic) bond motifs is 1. The van der Waals surface area contributed by atoms with Gasteiger partial charge in [-0.2, -0.15) is 0 Å². The molecule has 6 nitrogen and oxygen atoms in total. The highest BCUT2D eigenvalue weighted by atomic mass is 16.6. The molecule has 0 radical (unpaired) electrons. The number of carbonyl (C=O) groups excluding carboxylic acids is 1. The van der Waals surface area contributed by atoms with Crippen LogP contribution in [0.2, 0.25) is 0 Å². The molecule has 3 rings (SSSR count). The standard InChI is InChI=1S/C18H24N2O4/c1-5-17(2)18(3,22)20(16(21)24-17)9-8-12-11-19-15-7-6-13(23-4)10-14(12)15/h6-7,10-11,19,22H,5,8-9H2,1-4H3/t17-,18+/m1/s1. The number of nitrogens with zero attached hydrogens (tertiary/aromatic N) is 1. The lowest BCUT2D eigenvalue weighted by Crippen LogP contribution is -2.55. The van der Waals surface area contributed by atoms with Crippen LogP contribution in [0.3, 0.4) is 0 Å². The molecule has 0 bridgehead atoms. The van der Waals surface area contributed by atoms with Crippen molar-refractivity contribution >= 4 is 17.0 Å². The van der Waals surface area contributed by atoms with E-state index in [9.17, 15) is 9.90 Å². The first kappa shape index (κ1) is 16.6. The molecule has 1 amide bonds. The number of rotatable bonds is 5. The number of methoxy groups -OCH3 is 1. The van der Waals surface area contributed by atoms with E-state index in [0.29, 0.717) is 19.4 Å². The number of cyclic esters (lactones) is 1. The number of carbonyl (C=O) groups is 1. The Morgan fingerprint density at radius 3 is 2.75 bits per heavy atom. The van der Waals surface area contributed by atoms with Crippen LogP contribution in [-0.2, 0) is 11.2 Å². The fraction of sp³-hybridized carbons (Fsp3) is 0.500. The Kier molecular flexibility index (Phi) is 3.95. The lowest BCUT2D eigenvalue weighted by molar-refractivity contribution is -0.137. The predicted octanol–water partition coefficient (Wildman–Crippen LogP) is 3.05. The second-order valence-electron chi connectivity index (χ2n) is 6.60. The number of amides is 1. The van der Waals surface area contributed by atoms with E-state index in [2.05, 4.69) is 4.98 Å². The fourth-order valence-electron chi connectivity index (χ4n) is 3.25. The molecular formula is C18H24N2O4. The number of aromatic amines is 1. The van der Waals surface area contributed by atoms with E-state index < -0.39 is 17.4 Å². The van der Waals surface area contributed by atoms with E-state index in [1.54, 1.807) is 21.0 Å². The summed E-state index contributed by atoms with van der Waals surface area (Å²) >= 11 is 0. The molecule has 1 aliphatic rings. The maximum Gasteiger partial charge on any atom is 0.412 e. The average Bonchev–Trinajstić information content (AvgIpc) is 3.03. The largest absolute Gasteiger partial charge is 0.497 e. The van der Waals surface area contributed by atoms with Gasteiger partial charge in [0.1, 0.15) is 5.75 Å². The number of nitrogens with one attached hydrogen (secondary N) is 1. The molecule has 1 aromatic carbocycles. The Hall–Kier alpha value is -2.21. The summed E-state index contributed by atoms with van der Waals surface area (Å²) < 4.78 is 10.7. The van der Waals surface area contributed by atoms with E-state index in [-0.39, 0.29) is 0 Å². The molecule has 0 unspecified atom stereocenters. The second kappa shape index (κ2) is 5.70. The van der Waals surface area contributed by atoms with Gasteiger partial charge in [0, 0.05) is 23.6 Å². The number of aliphatic hydroxyl groups is 1. The molecule has 0 saturated carbocycles. The molecule has 6 heteroatoms. The average molecular weight is 332 g/mol. The number of ether oxygens (including phenoxy) is 2. The van der Waals surface area contributed by atoms with Crippen LogP contribution in [-0.4, -0.2) is 46.1 Å². The van der Waals surface area contributed by atoms with E-state index in [1.807, 2.05) is 31.3 Å². The molecular weight excluding hydrogens is 308 g/mol. The minimum atomic E-state index is -1.33. The first-order chi connectivity index (χ1) is 11.3. The van der Waals surface area contributed by atoms with Gasteiger partial charge in [-0.25, -0.2) is 4.79 Å². The predicted molar refractivity (Wildman–Crippen MR) is 91.1 cm³/mol. The van der Waals surface area contributed by atoms with E-state index >= 15 is 0 Å². The van der Waals surface area contributed by atoms with Crippen LogP contribution in [0.25, 0.3) is 10.9 Å². The zero-order chi connectivity index (χ0) is 17.5. The molecule has 2 atom stereocenters. The first-order valence-electron chi connectivity index (χ1n) is 8.19. The smallest absolute Gasteiger partial charge is 0.412 e. The lowest BCUT2D eigenvalue weighted by Gasteiger charge is -2.36. The van der Waals surface area contributed by atoms with Crippen molar-refractivity contribution in [3.8, 4) is 5.75 Å². The van der Waals surface area contributed by atoms with Gasteiger partial charge < -0.3 is 19.6 Å². The second-order valence-corrected chi connectivity index (χ2v) is 6.60.